The van der Waals surface area contributed by atoms with Crippen LogP contribution < -0.4 is 0 Å². The molecule has 0 aliphatic carbocycles. The molecule has 0 N–H and O–H groups in total. The van der Waals surface area contributed by atoms with Gasteiger partial charge in [-0.1, -0.05) is 6.92 Å². The van der Waals surface area contributed by atoms with Gasteiger partial charge in [0, 0.05) is 14.1 Å². The molecule has 0 saturated carbocycles. The fraction of sp³-hybridized carbons (Fsp3) is 0.786. The number of ether oxygens (including phenoxy) is 2. The highest BCUT2D eigenvalue weighted by Gasteiger charge is 2.30. The predicted molar refractivity (Wildman–Crippen MR) is 77.7 cm³/mol. The smallest absolute Gasteiger partial charge is 0.410 e. The Kier molecular flexibility index (Phi) is 8.42. The molecule has 21 heavy (non-hydrogen) atoms. The summed E-state index contributed by atoms with van der Waals surface area (Å²) in [5.41, 5.74) is 0. The summed E-state index contributed by atoms with van der Waals surface area (Å²) >= 11 is 0. The van der Waals surface area contributed by atoms with Crippen molar-refractivity contribution in [2.24, 2.45) is 0 Å². The highest BCUT2D eigenvalue weighted by atomic mass is 16.6. The lowest BCUT2D eigenvalue weighted by Crippen LogP contribution is -2.51. The van der Waals surface area contributed by atoms with E-state index < -0.39 is 24.1 Å². The molecule has 0 rings (SSSR count). The molecule has 0 radical (unpaired) electrons. The number of hydrogen-bond acceptors (Lipinski definition) is 5. The molecular formula is C14H26N2O5. The summed E-state index contributed by atoms with van der Waals surface area (Å²) in [6.45, 7) is 7.31. The van der Waals surface area contributed by atoms with Crippen molar-refractivity contribution < 1.29 is 23.9 Å². The average Bonchev–Trinajstić information content (AvgIpc) is 2.48. The van der Waals surface area contributed by atoms with Crippen molar-refractivity contribution in [1.82, 2.24) is 9.80 Å². The first-order valence-corrected chi connectivity index (χ1v) is 7.10. The van der Waals surface area contributed by atoms with E-state index in [0.29, 0.717) is 13.0 Å². The van der Waals surface area contributed by atoms with Crippen molar-refractivity contribution in [3.63, 3.8) is 0 Å². The largest absolute Gasteiger partial charge is 0.464 e. The molecule has 0 aromatic rings. The van der Waals surface area contributed by atoms with Crippen LogP contribution in [-0.4, -0.2) is 67.2 Å². The van der Waals surface area contributed by atoms with E-state index in [1.54, 1.807) is 20.8 Å². The zero-order valence-corrected chi connectivity index (χ0v) is 13.7. The molecule has 7 nitrogen and oxygen atoms in total. The minimum Gasteiger partial charge on any atom is -0.464 e. The normalized spacial score (nSPS) is 13.0. The first-order valence-electron chi connectivity index (χ1n) is 7.10. The topological polar surface area (TPSA) is 76.2 Å². The van der Waals surface area contributed by atoms with E-state index in [-0.39, 0.29) is 12.5 Å². The Balaban J connectivity index is 4.67. The molecule has 0 aliphatic rings. The third-order valence-corrected chi connectivity index (χ3v) is 3.21. The van der Waals surface area contributed by atoms with E-state index in [2.05, 4.69) is 0 Å². The van der Waals surface area contributed by atoms with Crippen molar-refractivity contribution in [2.45, 2.75) is 46.2 Å². The van der Waals surface area contributed by atoms with Crippen LogP contribution in [0.4, 0.5) is 4.79 Å². The first kappa shape index (κ1) is 19.2. The Morgan fingerprint density at radius 1 is 0.952 bits per heavy atom. The predicted octanol–water partition coefficient (Wildman–Crippen LogP) is 1.26. The molecule has 0 aromatic heterocycles. The standard InChI is InChI=1S/C14H26N2O5/c1-7-9-21-14(19)16(6)10(3)12(17)15(5)11(4)13(18)20-8-2/h10-11H,7-9H2,1-6H3. The van der Waals surface area contributed by atoms with Crippen LogP contribution in [0.2, 0.25) is 0 Å². The molecule has 0 spiro atoms. The zero-order valence-electron chi connectivity index (χ0n) is 13.7. The number of likely N-dealkylation sites (N-methyl/N-ethyl adjacent to an activating group) is 2. The molecule has 0 heterocycles. The van der Waals surface area contributed by atoms with Crippen LogP contribution in [0.5, 0.6) is 0 Å². The third kappa shape index (κ3) is 5.61. The highest BCUT2D eigenvalue weighted by molar-refractivity contribution is 5.89. The number of amides is 2. The molecule has 7 heteroatoms. The quantitative estimate of drug-likeness (QED) is 0.662. The number of carbonyl (C=O) groups excluding carboxylic acids is 3. The van der Waals surface area contributed by atoms with Crippen molar-refractivity contribution >= 4 is 18.0 Å². The monoisotopic (exact) mass is 302 g/mol. The minimum absolute atomic E-state index is 0.254. The van der Waals surface area contributed by atoms with Gasteiger partial charge in [-0.25, -0.2) is 9.59 Å². The summed E-state index contributed by atoms with van der Waals surface area (Å²) in [5.74, 6) is -0.830. The highest BCUT2D eigenvalue weighted by Crippen LogP contribution is 2.07. The summed E-state index contributed by atoms with van der Waals surface area (Å²) in [6.07, 6.45) is 0.150. The number of rotatable bonds is 7. The SMILES string of the molecule is CCCOC(=O)N(C)C(C)C(=O)N(C)C(C)C(=O)OCC. The maximum atomic E-state index is 12.3. The van der Waals surface area contributed by atoms with Gasteiger partial charge in [0.25, 0.3) is 0 Å². The lowest BCUT2D eigenvalue weighted by Gasteiger charge is -2.30. The Morgan fingerprint density at radius 2 is 1.52 bits per heavy atom. The van der Waals surface area contributed by atoms with Gasteiger partial charge in [0.1, 0.15) is 12.1 Å². The number of carbonyl (C=O) groups is 3. The lowest BCUT2D eigenvalue weighted by molar-refractivity contribution is -0.154. The van der Waals surface area contributed by atoms with Crippen LogP contribution in [0.25, 0.3) is 0 Å². The first-order chi connectivity index (χ1) is 9.77. The Bertz CT molecular complexity index is 372. The van der Waals surface area contributed by atoms with E-state index in [0.717, 1.165) is 0 Å². The molecular weight excluding hydrogens is 276 g/mol. The summed E-state index contributed by atoms with van der Waals surface area (Å²) < 4.78 is 9.85. The van der Waals surface area contributed by atoms with E-state index in [4.69, 9.17) is 9.47 Å². The van der Waals surface area contributed by atoms with E-state index >= 15 is 0 Å². The van der Waals surface area contributed by atoms with Crippen LogP contribution in [-0.2, 0) is 19.1 Å². The van der Waals surface area contributed by atoms with Crippen molar-refractivity contribution in [3.05, 3.63) is 0 Å². The van der Waals surface area contributed by atoms with E-state index in [1.807, 2.05) is 6.92 Å². The molecule has 122 valence electrons. The second-order valence-corrected chi connectivity index (χ2v) is 4.78. The van der Waals surface area contributed by atoms with Gasteiger partial charge in [-0.15, -0.1) is 0 Å². The number of esters is 1. The average molecular weight is 302 g/mol. The van der Waals surface area contributed by atoms with Gasteiger partial charge in [-0.3, -0.25) is 9.69 Å². The van der Waals surface area contributed by atoms with Gasteiger partial charge in [-0.05, 0) is 27.2 Å². The zero-order chi connectivity index (χ0) is 16.6. The van der Waals surface area contributed by atoms with E-state index in [1.165, 1.54) is 23.9 Å². The third-order valence-electron chi connectivity index (χ3n) is 3.21. The summed E-state index contributed by atoms with van der Waals surface area (Å²) in [6, 6.07) is -1.43. The molecule has 2 unspecified atom stereocenters. The maximum absolute atomic E-state index is 12.3. The van der Waals surface area contributed by atoms with Crippen molar-refractivity contribution in [3.8, 4) is 0 Å². The van der Waals surface area contributed by atoms with Crippen LogP contribution >= 0.6 is 0 Å². The van der Waals surface area contributed by atoms with Gasteiger partial charge in [0.15, 0.2) is 0 Å². The fourth-order valence-corrected chi connectivity index (χ4v) is 1.52. The molecule has 2 atom stereocenters. The van der Waals surface area contributed by atoms with Gasteiger partial charge in [0.2, 0.25) is 5.91 Å². The molecule has 0 fully saturated rings. The van der Waals surface area contributed by atoms with Gasteiger partial charge >= 0.3 is 12.1 Å². The maximum Gasteiger partial charge on any atom is 0.410 e. The molecule has 0 aromatic carbocycles. The number of nitrogens with zero attached hydrogens (tertiary/aromatic N) is 2. The fourth-order valence-electron chi connectivity index (χ4n) is 1.52. The van der Waals surface area contributed by atoms with Crippen molar-refractivity contribution in [1.29, 1.82) is 0 Å². The minimum atomic E-state index is -0.726. The van der Waals surface area contributed by atoms with Crippen LogP contribution in [0.1, 0.15) is 34.1 Å². The van der Waals surface area contributed by atoms with E-state index in [9.17, 15) is 14.4 Å². The van der Waals surface area contributed by atoms with Gasteiger partial charge in [-0.2, -0.15) is 0 Å². The summed E-state index contributed by atoms with van der Waals surface area (Å²) in [4.78, 5) is 38.1. The van der Waals surface area contributed by atoms with Gasteiger partial charge < -0.3 is 14.4 Å². The van der Waals surface area contributed by atoms with Crippen molar-refractivity contribution in [2.75, 3.05) is 27.3 Å². The Labute approximate surface area is 126 Å². The Hall–Kier alpha value is -1.79. The van der Waals surface area contributed by atoms with Crippen LogP contribution in [0, 0.1) is 0 Å². The van der Waals surface area contributed by atoms with Crippen LogP contribution in [0.3, 0.4) is 0 Å². The molecule has 0 saturated heterocycles. The second kappa shape index (κ2) is 9.20. The second-order valence-electron chi connectivity index (χ2n) is 4.78. The summed E-state index contributed by atoms with van der Waals surface area (Å²) in [5, 5.41) is 0. The molecule has 0 bridgehead atoms. The molecule has 0 aliphatic heterocycles. The van der Waals surface area contributed by atoms with Gasteiger partial charge in [0.05, 0.1) is 13.2 Å². The molecule has 2 amide bonds. The lowest BCUT2D eigenvalue weighted by atomic mass is 10.2. The number of hydrogen-bond donors (Lipinski definition) is 0. The van der Waals surface area contributed by atoms with Crippen LogP contribution in [0.15, 0.2) is 0 Å². The summed E-state index contributed by atoms with van der Waals surface area (Å²) in [7, 11) is 3.00. The Morgan fingerprint density at radius 3 is 2.00 bits per heavy atom.